The molecular formula is C14H16Cl3NO. The third kappa shape index (κ3) is 2.62. The maximum atomic E-state index is 6.27. The molecule has 0 saturated carbocycles. The van der Waals surface area contributed by atoms with Crippen molar-refractivity contribution in [2.24, 2.45) is 0 Å². The van der Waals surface area contributed by atoms with E-state index < -0.39 is 0 Å². The van der Waals surface area contributed by atoms with Crippen molar-refractivity contribution in [3.8, 4) is 0 Å². The largest absolute Gasteiger partial charge is 0.373 e. The SMILES string of the molecule is CC(NC1CC2CCC1O2)c1ccc(Cl)c(Cl)c1Cl. The van der Waals surface area contributed by atoms with E-state index in [4.69, 9.17) is 39.5 Å². The monoisotopic (exact) mass is 319 g/mol. The highest BCUT2D eigenvalue weighted by molar-refractivity contribution is 6.48. The van der Waals surface area contributed by atoms with E-state index in [1.165, 1.54) is 6.42 Å². The van der Waals surface area contributed by atoms with Gasteiger partial charge < -0.3 is 10.1 Å². The minimum Gasteiger partial charge on any atom is -0.373 e. The Morgan fingerprint density at radius 2 is 2.00 bits per heavy atom. The predicted molar refractivity (Wildman–Crippen MR) is 79.3 cm³/mol. The molecule has 3 rings (SSSR count). The van der Waals surface area contributed by atoms with E-state index in [2.05, 4.69) is 12.2 Å². The molecule has 2 fully saturated rings. The quantitative estimate of drug-likeness (QED) is 0.821. The maximum absolute atomic E-state index is 6.27. The van der Waals surface area contributed by atoms with E-state index in [0.29, 0.717) is 33.3 Å². The summed E-state index contributed by atoms with van der Waals surface area (Å²) >= 11 is 18.3. The molecule has 2 bridgehead atoms. The lowest BCUT2D eigenvalue weighted by molar-refractivity contribution is 0.0962. The van der Waals surface area contributed by atoms with Gasteiger partial charge in [-0.25, -0.2) is 0 Å². The Labute approximate surface area is 128 Å². The van der Waals surface area contributed by atoms with Crippen LogP contribution in [0.4, 0.5) is 0 Å². The van der Waals surface area contributed by atoms with Crippen LogP contribution in [0.25, 0.3) is 0 Å². The fraction of sp³-hybridized carbons (Fsp3) is 0.571. The summed E-state index contributed by atoms with van der Waals surface area (Å²) in [6, 6.07) is 4.28. The molecule has 0 amide bonds. The van der Waals surface area contributed by atoms with Gasteiger partial charge in [0.25, 0.3) is 0 Å². The van der Waals surface area contributed by atoms with Crippen LogP contribution < -0.4 is 5.32 Å². The highest BCUT2D eigenvalue weighted by Gasteiger charge is 2.41. The van der Waals surface area contributed by atoms with Crippen molar-refractivity contribution in [3.05, 3.63) is 32.8 Å². The van der Waals surface area contributed by atoms with Crippen molar-refractivity contribution in [3.63, 3.8) is 0 Å². The van der Waals surface area contributed by atoms with Gasteiger partial charge in [0.15, 0.2) is 0 Å². The Morgan fingerprint density at radius 1 is 1.21 bits per heavy atom. The summed E-state index contributed by atoms with van der Waals surface area (Å²) in [7, 11) is 0. The summed E-state index contributed by atoms with van der Waals surface area (Å²) in [5.74, 6) is 0. The highest BCUT2D eigenvalue weighted by Crippen LogP contribution is 2.38. The molecule has 0 spiro atoms. The Morgan fingerprint density at radius 3 is 2.63 bits per heavy atom. The minimum absolute atomic E-state index is 0.134. The Kier molecular flexibility index (Phi) is 3.98. The molecule has 19 heavy (non-hydrogen) atoms. The lowest BCUT2D eigenvalue weighted by Gasteiger charge is -2.25. The van der Waals surface area contributed by atoms with Gasteiger partial charge in [-0.2, -0.15) is 0 Å². The standard InChI is InChI=1S/C14H16Cl3NO/c1-7(9-3-4-10(15)14(17)13(9)16)18-11-6-8-2-5-12(11)19-8/h3-4,7-8,11-12,18H,2,5-6H2,1H3. The summed E-state index contributed by atoms with van der Waals surface area (Å²) < 4.78 is 5.85. The second kappa shape index (κ2) is 5.42. The number of benzene rings is 1. The van der Waals surface area contributed by atoms with Crippen LogP contribution in [0.3, 0.4) is 0 Å². The lowest BCUT2D eigenvalue weighted by atomic mass is 9.94. The van der Waals surface area contributed by atoms with Gasteiger partial charge in [-0.15, -0.1) is 0 Å². The van der Waals surface area contributed by atoms with Crippen LogP contribution in [-0.4, -0.2) is 18.2 Å². The van der Waals surface area contributed by atoms with Crippen LogP contribution in [0.2, 0.25) is 15.1 Å². The summed E-state index contributed by atoms with van der Waals surface area (Å²) in [6.45, 7) is 2.09. The molecule has 0 radical (unpaired) electrons. The predicted octanol–water partition coefficient (Wildman–Crippen LogP) is 4.62. The van der Waals surface area contributed by atoms with Gasteiger partial charge in [0, 0.05) is 12.1 Å². The number of ether oxygens (including phenoxy) is 1. The smallest absolute Gasteiger partial charge is 0.0781 e. The molecular weight excluding hydrogens is 305 g/mol. The number of rotatable bonds is 3. The molecule has 2 aliphatic rings. The van der Waals surface area contributed by atoms with Crippen LogP contribution in [0.15, 0.2) is 12.1 Å². The first-order valence-electron chi connectivity index (χ1n) is 6.61. The average Bonchev–Trinajstić information content (AvgIpc) is 2.98. The highest BCUT2D eigenvalue weighted by atomic mass is 35.5. The van der Waals surface area contributed by atoms with Gasteiger partial charge in [0.05, 0.1) is 27.3 Å². The molecule has 2 heterocycles. The second-order valence-electron chi connectivity index (χ2n) is 5.37. The van der Waals surface area contributed by atoms with Crippen LogP contribution >= 0.6 is 34.8 Å². The van der Waals surface area contributed by atoms with Crippen LogP contribution in [0.5, 0.6) is 0 Å². The molecule has 2 aliphatic heterocycles. The average molecular weight is 321 g/mol. The first-order valence-corrected chi connectivity index (χ1v) is 7.74. The lowest BCUT2D eigenvalue weighted by Crippen LogP contribution is -2.39. The van der Waals surface area contributed by atoms with Crippen molar-refractivity contribution in [2.45, 2.75) is 50.5 Å². The van der Waals surface area contributed by atoms with E-state index in [1.807, 2.05) is 6.07 Å². The third-order valence-electron chi connectivity index (χ3n) is 4.10. The number of hydrogen-bond donors (Lipinski definition) is 1. The zero-order valence-electron chi connectivity index (χ0n) is 10.6. The molecule has 1 aromatic carbocycles. The normalized spacial score (nSPS) is 30.8. The molecule has 2 saturated heterocycles. The summed E-state index contributed by atoms with van der Waals surface area (Å²) in [4.78, 5) is 0. The molecule has 2 nitrogen and oxygen atoms in total. The second-order valence-corrected chi connectivity index (χ2v) is 6.53. The summed E-state index contributed by atoms with van der Waals surface area (Å²) in [5.41, 5.74) is 0.985. The molecule has 0 aromatic heterocycles. The Hall–Kier alpha value is 0.01000. The number of fused-ring (bicyclic) bond motifs is 2. The number of nitrogens with one attached hydrogen (secondary N) is 1. The third-order valence-corrected chi connectivity index (χ3v) is 5.41. The van der Waals surface area contributed by atoms with Crippen molar-refractivity contribution in [1.29, 1.82) is 0 Å². The Balaban J connectivity index is 1.74. The van der Waals surface area contributed by atoms with Crippen LogP contribution in [-0.2, 0) is 4.74 Å². The van der Waals surface area contributed by atoms with Crippen LogP contribution in [0, 0.1) is 0 Å². The molecule has 1 N–H and O–H groups in total. The van der Waals surface area contributed by atoms with Gasteiger partial charge in [-0.05, 0) is 37.8 Å². The number of hydrogen-bond acceptors (Lipinski definition) is 2. The first-order chi connectivity index (χ1) is 9.06. The zero-order valence-corrected chi connectivity index (χ0v) is 12.9. The molecule has 5 heteroatoms. The van der Waals surface area contributed by atoms with Gasteiger partial charge in [0.2, 0.25) is 0 Å². The fourth-order valence-corrected chi connectivity index (χ4v) is 3.81. The molecule has 1 aromatic rings. The van der Waals surface area contributed by atoms with E-state index in [1.54, 1.807) is 6.07 Å². The van der Waals surface area contributed by atoms with Crippen LogP contribution in [0.1, 0.15) is 37.8 Å². The van der Waals surface area contributed by atoms with E-state index in [-0.39, 0.29) is 6.04 Å². The summed E-state index contributed by atoms with van der Waals surface area (Å²) in [5, 5.41) is 5.06. The Bertz CT molecular complexity index is 494. The fourth-order valence-electron chi connectivity index (χ4n) is 3.10. The van der Waals surface area contributed by atoms with Crippen molar-refractivity contribution < 1.29 is 4.74 Å². The van der Waals surface area contributed by atoms with Crippen molar-refractivity contribution in [2.75, 3.05) is 0 Å². The van der Waals surface area contributed by atoms with E-state index >= 15 is 0 Å². The topological polar surface area (TPSA) is 21.3 Å². The maximum Gasteiger partial charge on any atom is 0.0781 e. The van der Waals surface area contributed by atoms with Gasteiger partial charge in [-0.3, -0.25) is 0 Å². The molecule has 4 unspecified atom stereocenters. The summed E-state index contributed by atoms with van der Waals surface area (Å²) in [6.07, 6.45) is 4.25. The molecule has 0 aliphatic carbocycles. The van der Waals surface area contributed by atoms with Crippen molar-refractivity contribution >= 4 is 34.8 Å². The first kappa shape index (κ1) is 14.0. The molecule has 104 valence electrons. The van der Waals surface area contributed by atoms with E-state index in [9.17, 15) is 0 Å². The van der Waals surface area contributed by atoms with Gasteiger partial charge in [-0.1, -0.05) is 40.9 Å². The van der Waals surface area contributed by atoms with Gasteiger partial charge in [0.1, 0.15) is 0 Å². The molecule has 4 atom stereocenters. The van der Waals surface area contributed by atoms with Crippen molar-refractivity contribution in [1.82, 2.24) is 5.32 Å². The zero-order chi connectivity index (χ0) is 13.6. The minimum atomic E-state index is 0.134. The number of halogens is 3. The van der Waals surface area contributed by atoms with E-state index in [0.717, 1.165) is 18.4 Å². The van der Waals surface area contributed by atoms with Gasteiger partial charge >= 0.3 is 0 Å².